The van der Waals surface area contributed by atoms with Crippen LogP contribution >= 0.6 is 0 Å². The second kappa shape index (κ2) is 7.41. The zero-order valence-electron chi connectivity index (χ0n) is 11.2. The van der Waals surface area contributed by atoms with Crippen molar-refractivity contribution in [3.8, 4) is 0 Å². The van der Waals surface area contributed by atoms with Gasteiger partial charge in [-0.1, -0.05) is 78.5 Å². The van der Waals surface area contributed by atoms with Crippen molar-refractivity contribution >= 4 is 19.2 Å². The summed E-state index contributed by atoms with van der Waals surface area (Å²) in [7, 11) is -1.25. The SMILES string of the molecule is C.c1ccc([SiH](c2ccccc2)C2CCCCO2)cc1. The maximum Gasteiger partial charge on any atom is 0.134 e. The normalized spacial score (nSPS) is 18.6. The first-order valence-electron chi connectivity index (χ1n) is 7.16. The van der Waals surface area contributed by atoms with Crippen LogP contribution in [-0.4, -0.2) is 21.1 Å². The molecule has 0 aromatic heterocycles. The Kier molecular flexibility index (Phi) is 5.56. The fourth-order valence-electron chi connectivity index (χ4n) is 2.97. The van der Waals surface area contributed by atoms with Gasteiger partial charge in [-0.25, -0.2) is 0 Å². The second-order valence-electron chi connectivity index (χ2n) is 5.20. The van der Waals surface area contributed by atoms with E-state index in [4.69, 9.17) is 4.74 Å². The van der Waals surface area contributed by atoms with Gasteiger partial charge in [0, 0.05) is 6.61 Å². The minimum Gasteiger partial charge on any atom is -0.381 e. The Morgan fingerprint density at radius 2 is 1.35 bits per heavy atom. The van der Waals surface area contributed by atoms with Crippen LogP contribution in [0.2, 0.25) is 0 Å². The highest BCUT2D eigenvalue weighted by Crippen LogP contribution is 2.15. The third kappa shape index (κ3) is 3.38. The van der Waals surface area contributed by atoms with E-state index in [1.807, 2.05) is 0 Å². The van der Waals surface area contributed by atoms with Crippen molar-refractivity contribution in [2.24, 2.45) is 0 Å². The van der Waals surface area contributed by atoms with E-state index in [0.29, 0.717) is 5.73 Å². The van der Waals surface area contributed by atoms with Gasteiger partial charge in [0.05, 0.1) is 5.73 Å². The van der Waals surface area contributed by atoms with Crippen LogP contribution in [0.15, 0.2) is 60.7 Å². The first-order valence-corrected chi connectivity index (χ1v) is 8.99. The quantitative estimate of drug-likeness (QED) is 0.788. The van der Waals surface area contributed by atoms with Gasteiger partial charge in [0.15, 0.2) is 0 Å². The van der Waals surface area contributed by atoms with Gasteiger partial charge in [0.25, 0.3) is 0 Å². The minimum absolute atomic E-state index is 0. The largest absolute Gasteiger partial charge is 0.381 e. The first-order chi connectivity index (χ1) is 9.45. The van der Waals surface area contributed by atoms with Crippen LogP contribution in [0.3, 0.4) is 0 Å². The number of rotatable bonds is 3. The fraction of sp³-hybridized carbons (Fsp3) is 0.333. The average Bonchev–Trinajstić information content (AvgIpc) is 2.51. The van der Waals surface area contributed by atoms with Gasteiger partial charge in [-0.05, 0) is 19.3 Å². The van der Waals surface area contributed by atoms with E-state index < -0.39 is 8.80 Å². The Labute approximate surface area is 124 Å². The number of benzene rings is 2. The van der Waals surface area contributed by atoms with Crippen molar-refractivity contribution in [2.45, 2.75) is 32.4 Å². The third-order valence-corrected chi connectivity index (χ3v) is 7.38. The molecule has 3 rings (SSSR count). The van der Waals surface area contributed by atoms with Crippen LogP contribution in [-0.2, 0) is 4.74 Å². The molecule has 20 heavy (non-hydrogen) atoms. The minimum atomic E-state index is -1.25. The monoisotopic (exact) mass is 284 g/mol. The van der Waals surface area contributed by atoms with Gasteiger partial charge < -0.3 is 4.74 Å². The highest BCUT2D eigenvalue weighted by Gasteiger charge is 2.28. The Balaban J connectivity index is 0.00000147. The topological polar surface area (TPSA) is 9.23 Å². The molecule has 2 aromatic rings. The van der Waals surface area contributed by atoms with Crippen molar-refractivity contribution < 1.29 is 4.74 Å². The summed E-state index contributed by atoms with van der Waals surface area (Å²) in [5.74, 6) is 0. The lowest BCUT2D eigenvalue weighted by Gasteiger charge is -2.30. The molecule has 0 N–H and O–H groups in total. The lowest BCUT2D eigenvalue weighted by molar-refractivity contribution is 0.0644. The van der Waals surface area contributed by atoms with E-state index in [1.54, 1.807) is 0 Å². The molecule has 1 aliphatic rings. The van der Waals surface area contributed by atoms with E-state index in [9.17, 15) is 0 Å². The second-order valence-corrected chi connectivity index (χ2v) is 8.24. The van der Waals surface area contributed by atoms with Crippen LogP contribution in [0.5, 0.6) is 0 Å². The summed E-state index contributed by atoms with van der Waals surface area (Å²) in [5.41, 5.74) is 0.457. The van der Waals surface area contributed by atoms with E-state index in [2.05, 4.69) is 60.7 Å². The van der Waals surface area contributed by atoms with Crippen LogP contribution in [0, 0.1) is 0 Å². The summed E-state index contributed by atoms with van der Waals surface area (Å²) in [6.07, 6.45) is 3.76. The summed E-state index contributed by atoms with van der Waals surface area (Å²) in [5, 5.41) is 3.00. The van der Waals surface area contributed by atoms with Crippen molar-refractivity contribution in [3.05, 3.63) is 60.7 Å². The maximum atomic E-state index is 6.11. The Morgan fingerprint density at radius 3 is 1.80 bits per heavy atom. The molecule has 0 spiro atoms. The number of ether oxygens (including phenoxy) is 1. The maximum absolute atomic E-state index is 6.11. The van der Waals surface area contributed by atoms with Gasteiger partial charge in [-0.2, -0.15) is 0 Å². The van der Waals surface area contributed by atoms with Gasteiger partial charge in [-0.15, -0.1) is 0 Å². The Hall–Kier alpha value is -1.38. The standard InChI is InChI=1S/C17H20OSi.CH4/c1-3-9-15(10-4-1)19(16-11-5-2-6-12-16)17-13-7-8-14-18-17;/h1-6,9-12,17,19H,7-8,13-14H2;1H4. The third-order valence-electron chi connectivity index (χ3n) is 3.90. The predicted molar refractivity (Wildman–Crippen MR) is 89.6 cm³/mol. The smallest absolute Gasteiger partial charge is 0.134 e. The van der Waals surface area contributed by atoms with Crippen LogP contribution in [0.1, 0.15) is 26.7 Å². The van der Waals surface area contributed by atoms with E-state index in [1.165, 1.54) is 29.6 Å². The predicted octanol–water partition coefficient (Wildman–Crippen LogP) is 2.77. The molecule has 0 radical (unpaired) electrons. The summed E-state index contributed by atoms with van der Waals surface area (Å²) in [4.78, 5) is 0. The Bertz CT molecular complexity index is 452. The molecule has 1 saturated heterocycles. The van der Waals surface area contributed by atoms with E-state index in [-0.39, 0.29) is 7.43 Å². The molecule has 0 aliphatic carbocycles. The molecule has 1 aliphatic heterocycles. The summed E-state index contributed by atoms with van der Waals surface area (Å²) in [6.45, 7) is 0.938. The van der Waals surface area contributed by atoms with E-state index >= 15 is 0 Å². The zero-order chi connectivity index (χ0) is 12.9. The lowest BCUT2D eigenvalue weighted by atomic mass is 10.2. The van der Waals surface area contributed by atoms with E-state index in [0.717, 1.165) is 6.61 Å². The molecule has 0 bridgehead atoms. The van der Waals surface area contributed by atoms with Crippen molar-refractivity contribution in [3.63, 3.8) is 0 Å². The average molecular weight is 284 g/mol. The molecular weight excluding hydrogens is 260 g/mol. The van der Waals surface area contributed by atoms with Crippen LogP contribution < -0.4 is 10.4 Å². The van der Waals surface area contributed by atoms with Crippen LogP contribution in [0.25, 0.3) is 0 Å². The van der Waals surface area contributed by atoms with Gasteiger partial charge in [0.2, 0.25) is 0 Å². The van der Waals surface area contributed by atoms with Crippen molar-refractivity contribution in [1.29, 1.82) is 0 Å². The molecule has 0 saturated carbocycles. The Morgan fingerprint density at radius 1 is 0.800 bits per heavy atom. The molecule has 1 atom stereocenters. The van der Waals surface area contributed by atoms with Crippen molar-refractivity contribution in [1.82, 2.24) is 0 Å². The number of hydrogen-bond donors (Lipinski definition) is 0. The molecule has 2 aromatic carbocycles. The van der Waals surface area contributed by atoms with Crippen LogP contribution in [0.4, 0.5) is 0 Å². The lowest BCUT2D eigenvalue weighted by Crippen LogP contribution is -2.53. The van der Waals surface area contributed by atoms with Gasteiger partial charge in [-0.3, -0.25) is 0 Å². The summed E-state index contributed by atoms with van der Waals surface area (Å²) in [6, 6.07) is 21.9. The van der Waals surface area contributed by atoms with Gasteiger partial charge in [0.1, 0.15) is 8.80 Å². The zero-order valence-corrected chi connectivity index (χ0v) is 12.3. The fourth-order valence-corrected chi connectivity index (χ4v) is 6.39. The molecule has 106 valence electrons. The molecule has 1 unspecified atom stereocenters. The molecular formula is C18H24OSi. The highest BCUT2D eigenvalue weighted by atomic mass is 28.3. The molecule has 2 heteroatoms. The summed E-state index contributed by atoms with van der Waals surface area (Å²) >= 11 is 0. The van der Waals surface area contributed by atoms with Crippen molar-refractivity contribution in [2.75, 3.05) is 6.61 Å². The molecule has 1 fully saturated rings. The summed E-state index contributed by atoms with van der Waals surface area (Å²) < 4.78 is 6.11. The molecule has 1 heterocycles. The van der Waals surface area contributed by atoms with Gasteiger partial charge >= 0.3 is 0 Å². The molecule has 0 amide bonds. The highest BCUT2D eigenvalue weighted by molar-refractivity contribution is 6.86. The number of hydrogen-bond acceptors (Lipinski definition) is 1. The first kappa shape index (κ1) is 15.0. The molecule has 1 nitrogen and oxygen atoms in total.